The number of carbonyl (C=O) groups is 2. The van der Waals surface area contributed by atoms with Gasteiger partial charge in [0.25, 0.3) is 11.8 Å². The maximum absolute atomic E-state index is 12.3. The van der Waals surface area contributed by atoms with E-state index in [2.05, 4.69) is 42.7 Å². The van der Waals surface area contributed by atoms with Gasteiger partial charge in [-0.1, -0.05) is 28.1 Å². The van der Waals surface area contributed by atoms with Gasteiger partial charge in [-0.15, -0.1) is 0 Å². The minimum atomic E-state index is -0.886. The maximum atomic E-state index is 12.3. The maximum Gasteiger partial charge on any atom is 0.349 e. The Morgan fingerprint density at radius 3 is 2.57 bits per heavy atom. The van der Waals surface area contributed by atoms with E-state index in [-0.39, 0.29) is 5.56 Å². The van der Waals surface area contributed by atoms with Crippen LogP contribution < -0.4 is 21.2 Å². The summed E-state index contributed by atoms with van der Waals surface area (Å²) in [6.07, 6.45) is -0.886. The molecule has 0 saturated carbocycles. The lowest BCUT2D eigenvalue weighted by molar-refractivity contribution is -0.128. The molecular weight excluding hydrogens is 496 g/mol. The van der Waals surface area contributed by atoms with Crippen molar-refractivity contribution in [1.82, 2.24) is 10.9 Å². The molecule has 0 spiro atoms. The first-order valence-electron chi connectivity index (χ1n) is 8.10. The zero-order valence-corrected chi connectivity index (χ0v) is 17.7. The van der Waals surface area contributed by atoms with Gasteiger partial charge in [0.05, 0.1) is 4.47 Å². The number of para-hydroxylation sites is 1. The Labute approximate surface area is 176 Å². The highest BCUT2D eigenvalue weighted by molar-refractivity contribution is 9.10. The monoisotopic (exact) mass is 508 g/mol. The predicted molar refractivity (Wildman–Crippen MR) is 110 cm³/mol. The van der Waals surface area contributed by atoms with Gasteiger partial charge in [0.2, 0.25) is 0 Å². The lowest BCUT2D eigenvalue weighted by Crippen LogP contribution is -2.48. The number of carbonyl (C=O) groups excluding carboxylic acids is 2. The zero-order valence-electron chi connectivity index (χ0n) is 14.5. The molecule has 0 saturated heterocycles. The van der Waals surface area contributed by atoms with Crippen molar-refractivity contribution in [3.63, 3.8) is 0 Å². The molecule has 3 aromatic rings. The average Bonchev–Trinajstić information content (AvgIpc) is 2.67. The van der Waals surface area contributed by atoms with Crippen LogP contribution in [-0.4, -0.2) is 17.9 Å². The van der Waals surface area contributed by atoms with Crippen LogP contribution in [0, 0.1) is 0 Å². The summed E-state index contributed by atoms with van der Waals surface area (Å²) in [5.41, 5.74) is 3.75. The van der Waals surface area contributed by atoms with Gasteiger partial charge < -0.3 is 9.15 Å². The molecule has 1 heterocycles. The lowest BCUT2D eigenvalue weighted by atomic mass is 10.2. The van der Waals surface area contributed by atoms with Crippen LogP contribution in [0.2, 0.25) is 0 Å². The van der Waals surface area contributed by atoms with E-state index in [4.69, 9.17) is 9.15 Å². The quantitative estimate of drug-likeness (QED) is 0.414. The average molecular weight is 510 g/mol. The standard InChI is InChI=1S/C19H14Br2N2O5/c1-10(27-16-5-3-2-4-14(16)21)17(24)22-23-18(25)13-9-11-8-12(20)6-7-15(11)28-19(13)26/h2-10H,1H3,(H,22,24)(H,23,25)/t10-/m0/s1. The van der Waals surface area contributed by atoms with Crippen molar-refractivity contribution >= 4 is 54.6 Å². The van der Waals surface area contributed by atoms with Gasteiger partial charge in [0.15, 0.2) is 6.10 Å². The van der Waals surface area contributed by atoms with Crippen molar-refractivity contribution in [1.29, 1.82) is 0 Å². The summed E-state index contributed by atoms with van der Waals surface area (Å²) in [5.74, 6) is -0.897. The number of halogens is 2. The number of hydrogen-bond acceptors (Lipinski definition) is 5. The van der Waals surface area contributed by atoms with E-state index in [9.17, 15) is 14.4 Å². The molecule has 0 fully saturated rings. The van der Waals surface area contributed by atoms with E-state index >= 15 is 0 Å². The van der Waals surface area contributed by atoms with Crippen LogP contribution in [-0.2, 0) is 4.79 Å². The molecule has 1 aromatic heterocycles. The van der Waals surface area contributed by atoms with E-state index in [0.29, 0.717) is 21.2 Å². The smallest absolute Gasteiger partial charge is 0.349 e. The second-order valence-electron chi connectivity index (χ2n) is 5.76. The molecular formula is C19H14Br2N2O5. The van der Waals surface area contributed by atoms with E-state index < -0.39 is 23.5 Å². The third kappa shape index (κ3) is 4.60. The van der Waals surface area contributed by atoms with Gasteiger partial charge in [0, 0.05) is 9.86 Å². The molecule has 1 atom stereocenters. The number of ether oxygens (including phenoxy) is 1. The van der Waals surface area contributed by atoms with Crippen LogP contribution in [0.1, 0.15) is 17.3 Å². The molecule has 0 bridgehead atoms. The Morgan fingerprint density at radius 2 is 1.82 bits per heavy atom. The summed E-state index contributed by atoms with van der Waals surface area (Å²) in [6, 6.07) is 13.5. The van der Waals surface area contributed by atoms with Crippen molar-refractivity contribution in [2.24, 2.45) is 0 Å². The third-order valence-electron chi connectivity index (χ3n) is 3.75. The number of hydrazine groups is 1. The number of fused-ring (bicyclic) bond motifs is 1. The summed E-state index contributed by atoms with van der Waals surface area (Å²) in [4.78, 5) is 36.5. The molecule has 0 aliphatic carbocycles. The molecule has 0 aliphatic heterocycles. The number of nitrogens with one attached hydrogen (secondary N) is 2. The van der Waals surface area contributed by atoms with E-state index in [1.807, 2.05) is 6.07 Å². The second kappa shape index (κ2) is 8.57. The molecule has 7 nitrogen and oxygen atoms in total. The fourth-order valence-corrected chi connectivity index (χ4v) is 3.08. The summed E-state index contributed by atoms with van der Waals surface area (Å²) in [6.45, 7) is 1.53. The van der Waals surface area contributed by atoms with Crippen molar-refractivity contribution in [2.75, 3.05) is 0 Å². The zero-order chi connectivity index (χ0) is 20.3. The van der Waals surface area contributed by atoms with Gasteiger partial charge in [0.1, 0.15) is 16.9 Å². The number of amides is 2. The van der Waals surface area contributed by atoms with Crippen LogP contribution in [0.3, 0.4) is 0 Å². The highest BCUT2D eigenvalue weighted by Crippen LogP contribution is 2.24. The van der Waals surface area contributed by atoms with Gasteiger partial charge in [-0.2, -0.15) is 0 Å². The summed E-state index contributed by atoms with van der Waals surface area (Å²) < 4.78 is 12.1. The SMILES string of the molecule is C[C@H](Oc1ccccc1Br)C(=O)NNC(=O)c1cc2cc(Br)ccc2oc1=O. The van der Waals surface area contributed by atoms with Crippen LogP contribution in [0.4, 0.5) is 0 Å². The molecule has 0 aliphatic rings. The van der Waals surface area contributed by atoms with Crippen molar-refractivity contribution in [3.05, 3.63) is 73.5 Å². The first-order valence-corrected chi connectivity index (χ1v) is 9.68. The molecule has 144 valence electrons. The normalized spacial score (nSPS) is 11.7. The lowest BCUT2D eigenvalue weighted by Gasteiger charge is -2.16. The highest BCUT2D eigenvalue weighted by Gasteiger charge is 2.19. The Morgan fingerprint density at radius 1 is 1.07 bits per heavy atom. The van der Waals surface area contributed by atoms with E-state index in [1.54, 1.807) is 36.4 Å². The number of hydrogen-bond donors (Lipinski definition) is 2. The van der Waals surface area contributed by atoms with Crippen LogP contribution in [0.25, 0.3) is 11.0 Å². The van der Waals surface area contributed by atoms with Gasteiger partial charge >= 0.3 is 5.63 Å². The molecule has 3 rings (SSSR count). The van der Waals surface area contributed by atoms with Gasteiger partial charge in [-0.05, 0) is 59.3 Å². The summed E-state index contributed by atoms with van der Waals surface area (Å²) in [7, 11) is 0. The molecule has 0 unspecified atom stereocenters. The fraction of sp³-hybridized carbons (Fsp3) is 0.105. The Kier molecular flexibility index (Phi) is 6.15. The Hall–Kier alpha value is -2.65. The topological polar surface area (TPSA) is 97.6 Å². The Balaban J connectivity index is 1.67. The molecule has 2 amide bonds. The minimum absolute atomic E-state index is 0.231. The van der Waals surface area contributed by atoms with Crippen LogP contribution in [0.5, 0.6) is 5.75 Å². The molecule has 2 aromatic carbocycles. The molecule has 28 heavy (non-hydrogen) atoms. The predicted octanol–water partition coefficient (Wildman–Crippen LogP) is 3.55. The molecule has 0 radical (unpaired) electrons. The van der Waals surface area contributed by atoms with Crippen molar-refractivity contribution < 1.29 is 18.7 Å². The number of benzene rings is 2. The van der Waals surface area contributed by atoms with E-state index in [1.165, 1.54) is 13.0 Å². The second-order valence-corrected chi connectivity index (χ2v) is 7.53. The Bertz CT molecular complexity index is 1110. The summed E-state index contributed by atoms with van der Waals surface area (Å²) >= 11 is 6.64. The first kappa shape index (κ1) is 20.1. The van der Waals surface area contributed by atoms with Gasteiger partial charge in [-0.25, -0.2) is 4.79 Å². The molecule has 2 N–H and O–H groups in total. The number of rotatable bonds is 4. The van der Waals surface area contributed by atoms with Crippen LogP contribution in [0.15, 0.2) is 66.7 Å². The highest BCUT2D eigenvalue weighted by atomic mass is 79.9. The largest absolute Gasteiger partial charge is 0.480 e. The van der Waals surface area contributed by atoms with Gasteiger partial charge in [-0.3, -0.25) is 20.4 Å². The first-order chi connectivity index (χ1) is 13.3. The molecule has 9 heteroatoms. The van der Waals surface area contributed by atoms with Crippen molar-refractivity contribution in [2.45, 2.75) is 13.0 Å². The summed E-state index contributed by atoms with van der Waals surface area (Å²) in [5, 5.41) is 0.566. The van der Waals surface area contributed by atoms with Crippen molar-refractivity contribution in [3.8, 4) is 5.75 Å². The minimum Gasteiger partial charge on any atom is -0.480 e. The fourth-order valence-electron chi connectivity index (χ4n) is 2.32. The third-order valence-corrected chi connectivity index (χ3v) is 4.90. The van der Waals surface area contributed by atoms with Crippen LogP contribution >= 0.6 is 31.9 Å². The van der Waals surface area contributed by atoms with E-state index in [0.717, 1.165) is 4.47 Å².